The molecule has 2 heterocycles. The first-order valence-corrected chi connectivity index (χ1v) is 7.42. The fraction of sp³-hybridized carbons (Fsp3) is 0.438. The van der Waals surface area contributed by atoms with E-state index < -0.39 is 5.97 Å². The number of para-hydroxylation sites is 1. The molecule has 6 nitrogen and oxygen atoms in total. The van der Waals surface area contributed by atoms with Crippen LogP contribution in [0.4, 0.5) is 0 Å². The Morgan fingerprint density at radius 3 is 2.91 bits per heavy atom. The smallest absolute Gasteiger partial charge is 0.340 e. The molecule has 0 N–H and O–H groups in total. The quantitative estimate of drug-likeness (QED) is 0.813. The number of hydrogen-bond acceptors (Lipinski definition) is 5. The summed E-state index contributed by atoms with van der Waals surface area (Å²) in [6.45, 7) is 3.41. The van der Waals surface area contributed by atoms with E-state index in [4.69, 9.17) is 9.15 Å². The third-order valence-corrected chi connectivity index (χ3v) is 4.04. The van der Waals surface area contributed by atoms with Crippen molar-refractivity contribution in [1.82, 2.24) is 9.88 Å². The topological polar surface area (TPSA) is 72.6 Å². The average Bonchev–Trinajstić information content (AvgIpc) is 3.01. The van der Waals surface area contributed by atoms with E-state index in [0.717, 1.165) is 25.9 Å². The summed E-state index contributed by atoms with van der Waals surface area (Å²) in [6.07, 6.45) is 3.28. The van der Waals surface area contributed by atoms with Gasteiger partial charge in [0.05, 0.1) is 5.56 Å². The molecule has 0 atom stereocenters. The Bertz CT molecular complexity index is 686. The Hall–Kier alpha value is -2.37. The van der Waals surface area contributed by atoms with Crippen LogP contribution in [0.25, 0.3) is 11.1 Å². The SMILES string of the molecule is CC1CCN(C(=O)COC(=O)c2cccc3ocnc23)CC1. The second-order valence-electron chi connectivity index (χ2n) is 5.64. The number of piperidine rings is 1. The maximum Gasteiger partial charge on any atom is 0.340 e. The summed E-state index contributed by atoms with van der Waals surface area (Å²) in [4.78, 5) is 29.9. The highest BCUT2D eigenvalue weighted by molar-refractivity contribution is 6.01. The predicted molar refractivity (Wildman–Crippen MR) is 79.3 cm³/mol. The van der Waals surface area contributed by atoms with Crippen molar-refractivity contribution in [3.63, 3.8) is 0 Å². The number of ether oxygens (including phenoxy) is 1. The summed E-state index contributed by atoms with van der Waals surface area (Å²) in [5.74, 6) is -0.0535. The first kappa shape index (κ1) is 14.6. The minimum atomic E-state index is -0.557. The number of benzene rings is 1. The summed E-state index contributed by atoms with van der Waals surface area (Å²) in [5, 5.41) is 0. The summed E-state index contributed by atoms with van der Waals surface area (Å²) in [7, 11) is 0. The second kappa shape index (κ2) is 6.17. The molecule has 0 bridgehead atoms. The molecule has 1 aliphatic rings. The third kappa shape index (κ3) is 2.95. The van der Waals surface area contributed by atoms with Gasteiger partial charge in [-0.05, 0) is 30.9 Å². The van der Waals surface area contributed by atoms with Crippen LogP contribution < -0.4 is 0 Å². The average molecular weight is 302 g/mol. The number of rotatable bonds is 3. The second-order valence-corrected chi connectivity index (χ2v) is 5.64. The molecule has 116 valence electrons. The Balaban J connectivity index is 1.60. The van der Waals surface area contributed by atoms with Crippen LogP contribution in [-0.2, 0) is 9.53 Å². The van der Waals surface area contributed by atoms with Gasteiger partial charge in [-0.3, -0.25) is 4.79 Å². The third-order valence-electron chi connectivity index (χ3n) is 4.04. The normalized spacial score (nSPS) is 16.0. The lowest BCUT2D eigenvalue weighted by atomic mass is 9.99. The van der Waals surface area contributed by atoms with E-state index in [1.165, 1.54) is 6.39 Å². The van der Waals surface area contributed by atoms with Gasteiger partial charge in [0.2, 0.25) is 0 Å². The van der Waals surface area contributed by atoms with Crippen molar-refractivity contribution < 1.29 is 18.7 Å². The molecule has 1 aromatic heterocycles. The largest absolute Gasteiger partial charge is 0.452 e. The molecule has 0 unspecified atom stereocenters. The fourth-order valence-corrected chi connectivity index (χ4v) is 2.61. The monoisotopic (exact) mass is 302 g/mol. The molecule has 1 fully saturated rings. The van der Waals surface area contributed by atoms with Crippen LogP contribution in [0.2, 0.25) is 0 Å². The standard InChI is InChI=1S/C16H18N2O4/c1-11-5-7-18(8-6-11)14(19)9-21-16(20)12-3-2-4-13-15(12)17-10-22-13/h2-4,10-11H,5-9H2,1H3. The highest BCUT2D eigenvalue weighted by Crippen LogP contribution is 2.18. The van der Waals surface area contributed by atoms with Gasteiger partial charge in [0.25, 0.3) is 5.91 Å². The first-order valence-electron chi connectivity index (χ1n) is 7.42. The van der Waals surface area contributed by atoms with Crippen LogP contribution in [0.15, 0.2) is 29.0 Å². The van der Waals surface area contributed by atoms with Gasteiger partial charge in [0.1, 0.15) is 5.52 Å². The van der Waals surface area contributed by atoms with Gasteiger partial charge in [-0.1, -0.05) is 13.0 Å². The molecule has 1 aromatic carbocycles. The van der Waals surface area contributed by atoms with E-state index in [0.29, 0.717) is 22.6 Å². The molecule has 6 heteroatoms. The Morgan fingerprint density at radius 1 is 1.36 bits per heavy atom. The van der Waals surface area contributed by atoms with Gasteiger partial charge in [-0.25, -0.2) is 9.78 Å². The number of carbonyl (C=O) groups is 2. The van der Waals surface area contributed by atoms with Crippen molar-refractivity contribution in [2.45, 2.75) is 19.8 Å². The van der Waals surface area contributed by atoms with Crippen molar-refractivity contribution in [2.75, 3.05) is 19.7 Å². The zero-order chi connectivity index (χ0) is 15.5. The number of amides is 1. The fourth-order valence-electron chi connectivity index (χ4n) is 2.61. The van der Waals surface area contributed by atoms with E-state index >= 15 is 0 Å². The number of likely N-dealkylation sites (tertiary alicyclic amines) is 1. The van der Waals surface area contributed by atoms with Crippen molar-refractivity contribution in [3.8, 4) is 0 Å². The number of oxazole rings is 1. The molecular formula is C16H18N2O4. The van der Waals surface area contributed by atoms with E-state index in [1.54, 1.807) is 23.1 Å². The lowest BCUT2D eigenvalue weighted by molar-refractivity contribution is -0.135. The minimum Gasteiger partial charge on any atom is -0.452 e. The van der Waals surface area contributed by atoms with Crippen LogP contribution in [0, 0.1) is 5.92 Å². The van der Waals surface area contributed by atoms with Crippen LogP contribution in [0.1, 0.15) is 30.1 Å². The van der Waals surface area contributed by atoms with E-state index in [9.17, 15) is 9.59 Å². The van der Waals surface area contributed by atoms with Gasteiger partial charge in [-0.15, -0.1) is 0 Å². The number of aromatic nitrogens is 1. The van der Waals surface area contributed by atoms with Crippen LogP contribution >= 0.6 is 0 Å². The van der Waals surface area contributed by atoms with Gasteiger partial charge in [0, 0.05) is 13.1 Å². The summed E-state index contributed by atoms with van der Waals surface area (Å²) in [5.41, 5.74) is 1.28. The molecular weight excluding hydrogens is 284 g/mol. The highest BCUT2D eigenvalue weighted by atomic mass is 16.5. The lowest BCUT2D eigenvalue weighted by Gasteiger charge is -2.30. The Kier molecular flexibility index (Phi) is 4.09. The molecule has 0 saturated carbocycles. The van der Waals surface area contributed by atoms with Gasteiger partial charge in [0.15, 0.2) is 18.6 Å². The van der Waals surface area contributed by atoms with E-state index in [1.807, 2.05) is 0 Å². The number of fused-ring (bicyclic) bond motifs is 1. The summed E-state index contributed by atoms with van der Waals surface area (Å²) < 4.78 is 10.3. The van der Waals surface area contributed by atoms with E-state index in [2.05, 4.69) is 11.9 Å². The molecule has 0 radical (unpaired) electrons. The molecule has 1 saturated heterocycles. The maximum absolute atomic E-state index is 12.1. The Labute approximate surface area is 128 Å². The molecule has 1 aliphatic heterocycles. The van der Waals surface area contributed by atoms with E-state index in [-0.39, 0.29) is 12.5 Å². The molecule has 0 aliphatic carbocycles. The summed E-state index contributed by atoms with van der Waals surface area (Å²) >= 11 is 0. The zero-order valence-corrected chi connectivity index (χ0v) is 12.4. The number of esters is 1. The Morgan fingerprint density at radius 2 is 2.14 bits per heavy atom. The van der Waals surface area contributed by atoms with Gasteiger partial charge in [-0.2, -0.15) is 0 Å². The molecule has 22 heavy (non-hydrogen) atoms. The minimum absolute atomic E-state index is 0.146. The molecule has 2 aromatic rings. The maximum atomic E-state index is 12.1. The lowest BCUT2D eigenvalue weighted by Crippen LogP contribution is -2.40. The summed E-state index contributed by atoms with van der Waals surface area (Å²) in [6, 6.07) is 5.03. The first-order chi connectivity index (χ1) is 10.6. The molecule has 3 rings (SSSR count). The van der Waals surface area contributed by atoms with Crippen LogP contribution in [-0.4, -0.2) is 41.5 Å². The van der Waals surface area contributed by atoms with Crippen LogP contribution in [0.3, 0.4) is 0 Å². The number of nitrogens with zero attached hydrogens (tertiary/aromatic N) is 2. The molecule has 0 spiro atoms. The van der Waals surface area contributed by atoms with Crippen LogP contribution in [0.5, 0.6) is 0 Å². The van der Waals surface area contributed by atoms with Crippen molar-refractivity contribution >= 4 is 23.0 Å². The zero-order valence-electron chi connectivity index (χ0n) is 12.4. The molecule has 1 amide bonds. The van der Waals surface area contributed by atoms with Crippen molar-refractivity contribution in [1.29, 1.82) is 0 Å². The highest BCUT2D eigenvalue weighted by Gasteiger charge is 2.22. The number of carbonyl (C=O) groups excluding carboxylic acids is 2. The van der Waals surface area contributed by atoms with Gasteiger partial charge >= 0.3 is 5.97 Å². The number of hydrogen-bond donors (Lipinski definition) is 0. The van der Waals surface area contributed by atoms with Crippen molar-refractivity contribution in [3.05, 3.63) is 30.2 Å². The van der Waals surface area contributed by atoms with Crippen molar-refractivity contribution in [2.24, 2.45) is 5.92 Å². The van der Waals surface area contributed by atoms with Gasteiger partial charge < -0.3 is 14.1 Å². The predicted octanol–water partition coefficient (Wildman–Crippen LogP) is 2.24.